The summed E-state index contributed by atoms with van der Waals surface area (Å²) in [6.45, 7) is 0. The van der Waals surface area contributed by atoms with Gasteiger partial charge in [-0.05, 0) is 31.0 Å². The van der Waals surface area contributed by atoms with E-state index in [-0.39, 0.29) is 5.91 Å². The van der Waals surface area contributed by atoms with E-state index in [0.29, 0.717) is 18.4 Å². The fraction of sp³-hybridized carbons (Fsp3) is 0.400. The summed E-state index contributed by atoms with van der Waals surface area (Å²) >= 11 is 0. The number of rotatable bonds is 3. The number of carboxylic acids is 1. The molecule has 1 amide bonds. The van der Waals surface area contributed by atoms with E-state index in [1.165, 1.54) is 0 Å². The van der Waals surface area contributed by atoms with Crippen molar-refractivity contribution < 1.29 is 14.7 Å². The Balaban J connectivity index is 1.88. The van der Waals surface area contributed by atoms with E-state index in [0.717, 1.165) is 23.9 Å². The summed E-state index contributed by atoms with van der Waals surface area (Å²) in [5, 5.41) is 12.1. The minimum atomic E-state index is -1.11. The molecule has 110 valence electrons. The summed E-state index contributed by atoms with van der Waals surface area (Å²) in [7, 11) is 1.88. The molecule has 6 heteroatoms. The lowest BCUT2D eigenvalue weighted by molar-refractivity contribution is -0.144. The molecule has 1 aromatic heterocycles. The lowest BCUT2D eigenvalue weighted by atomic mass is 9.97. The van der Waals surface area contributed by atoms with Gasteiger partial charge in [-0.25, -0.2) is 9.78 Å². The van der Waals surface area contributed by atoms with Crippen molar-refractivity contribution >= 4 is 22.9 Å². The van der Waals surface area contributed by atoms with Crippen LogP contribution < -0.4 is 5.32 Å². The van der Waals surface area contributed by atoms with Gasteiger partial charge in [0.15, 0.2) is 0 Å². The second-order valence-corrected chi connectivity index (χ2v) is 5.61. The molecule has 1 aliphatic rings. The molecule has 2 N–H and O–H groups in total. The largest absolute Gasteiger partial charge is 0.480 e. The molecule has 2 aromatic rings. The number of carboxylic acid groups (broad SMARTS) is 1. The Bertz CT molecular complexity index is 714. The van der Waals surface area contributed by atoms with E-state index in [1.54, 1.807) is 18.5 Å². The number of aromatic nitrogens is 2. The van der Waals surface area contributed by atoms with Crippen LogP contribution in [0, 0.1) is 0 Å². The lowest BCUT2D eigenvalue weighted by Crippen LogP contribution is -2.52. The van der Waals surface area contributed by atoms with Crippen molar-refractivity contribution in [2.75, 3.05) is 0 Å². The summed E-state index contributed by atoms with van der Waals surface area (Å²) < 4.78 is 1.87. The number of hydrogen-bond donors (Lipinski definition) is 2. The third kappa shape index (κ3) is 2.26. The fourth-order valence-electron chi connectivity index (χ4n) is 2.94. The number of amides is 1. The van der Waals surface area contributed by atoms with Crippen molar-refractivity contribution in [3.8, 4) is 0 Å². The van der Waals surface area contributed by atoms with Crippen LogP contribution in [0.5, 0.6) is 0 Å². The van der Waals surface area contributed by atoms with Gasteiger partial charge < -0.3 is 15.0 Å². The summed E-state index contributed by atoms with van der Waals surface area (Å²) in [6, 6.07) is 5.21. The van der Waals surface area contributed by atoms with Gasteiger partial charge in [0.05, 0.1) is 17.4 Å². The van der Waals surface area contributed by atoms with Gasteiger partial charge in [-0.1, -0.05) is 12.8 Å². The topological polar surface area (TPSA) is 84.2 Å². The number of aliphatic carboxylic acids is 1. The first-order valence-electron chi connectivity index (χ1n) is 6.99. The van der Waals surface area contributed by atoms with Crippen molar-refractivity contribution in [1.29, 1.82) is 0 Å². The highest BCUT2D eigenvalue weighted by Gasteiger charge is 2.42. The highest BCUT2D eigenvalue weighted by molar-refractivity contribution is 6.00. The van der Waals surface area contributed by atoms with E-state index in [1.807, 2.05) is 17.7 Å². The second kappa shape index (κ2) is 4.87. The van der Waals surface area contributed by atoms with E-state index in [9.17, 15) is 14.7 Å². The molecule has 1 heterocycles. The molecule has 1 aromatic carbocycles. The van der Waals surface area contributed by atoms with Gasteiger partial charge in [0, 0.05) is 12.6 Å². The number of carbonyl (C=O) groups is 2. The van der Waals surface area contributed by atoms with Crippen LogP contribution >= 0.6 is 0 Å². The third-order valence-corrected chi connectivity index (χ3v) is 4.21. The summed E-state index contributed by atoms with van der Waals surface area (Å²) in [6.07, 6.45) is 4.31. The molecule has 3 rings (SSSR count). The zero-order chi connectivity index (χ0) is 15.0. The Labute approximate surface area is 121 Å². The van der Waals surface area contributed by atoms with Crippen molar-refractivity contribution in [2.45, 2.75) is 31.2 Å². The Morgan fingerprint density at radius 1 is 1.33 bits per heavy atom. The second-order valence-electron chi connectivity index (χ2n) is 5.61. The van der Waals surface area contributed by atoms with Gasteiger partial charge in [-0.15, -0.1) is 0 Å². The first kappa shape index (κ1) is 13.6. The van der Waals surface area contributed by atoms with Crippen molar-refractivity contribution in [1.82, 2.24) is 14.9 Å². The summed E-state index contributed by atoms with van der Waals surface area (Å²) in [4.78, 5) is 28.0. The molecule has 21 heavy (non-hydrogen) atoms. The maximum atomic E-state index is 12.4. The van der Waals surface area contributed by atoms with Crippen LogP contribution in [0.4, 0.5) is 0 Å². The number of nitrogens with zero attached hydrogens (tertiary/aromatic N) is 2. The Morgan fingerprint density at radius 3 is 2.71 bits per heavy atom. The van der Waals surface area contributed by atoms with Crippen molar-refractivity contribution in [3.05, 3.63) is 30.1 Å². The molecule has 1 fully saturated rings. The molecule has 0 bridgehead atoms. The fourth-order valence-corrected chi connectivity index (χ4v) is 2.94. The van der Waals surface area contributed by atoms with Crippen LogP contribution in [-0.4, -0.2) is 32.1 Å². The SMILES string of the molecule is Cn1cnc2cc(C(=O)NC3(C(=O)O)CCCC3)ccc21. The molecule has 1 aliphatic carbocycles. The standard InChI is InChI=1S/C15H17N3O3/c1-18-9-16-11-8-10(4-5-12(11)18)13(19)17-15(14(20)21)6-2-3-7-15/h4-5,8-9H,2-3,6-7H2,1H3,(H,17,19)(H,20,21). The van der Waals surface area contributed by atoms with Gasteiger partial charge in [-0.3, -0.25) is 4.79 Å². The molecule has 6 nitrogen and oxygen atoms in total. The Morgan fingerprint density at radius 2 is 2.05 bits per heavy atom. The average Bonchev–Trinajstić information content (AvgIpc) is 3.07. The zero-order valence-electron chi connectivity index (χ0n) is 11.8. The van der Waals surface area contributed by atoms with Crippen LogP contribution in [0.15, 0.2) is 24.5 Å². The predicted molar refractivity (Wildman–Crippen MR) is 77.0 cm³/mol. The number of imidazole rings is 1. The molecule has 0 radical (unpaired) electrons. The molecule has 0 unspecified atom stereocenters. The number of nitrogens with one attached hydrogen (secondary N) is 1. The minimum absolute atomic E-state index is 0.355. The predicted octanol–water partition coefficient (Wildman–Crippen LogP) is 1.70. The van der Waals surface area contributed by atoms with Gasteiger partial charge in [0.1, 0.15) is 5.54 Å². The van der Waals surface area contributed by atoms with Gasteiger partial charge in [0.25, 0.3) is 5.91 Å². The molecule has 0 spiro atoms. The Kier molecular flexibility index (Phi) is 3.16. The first-order chi connectivity index (χ1) is 10.0. The van der Waals surface area contributed by atoms with E-state index < -0.39 is 11.5 Å². The molecule has 0 atom stereocenters. The highest BCUT2D eigenvalue weighted by atomic mass is 16.4. The van der Waals surface area contributed by atoms with Gasteiger partial charge in [-0.2, -0.15) is 0 Å². The zero-order valence-corrected chi connectivity index (χ0v) is 11.8. The maximum Gasteiger partial charge on any atom is 0.329 e. The molecule has 0 saturated heterocycles. The highest BCUT2D eigenvalue weighted by Crippen LogP contribution is 2.30. The molecular weight excluding hydrogens is 270 g/mol. The van der Waals surface area contributed by atoms with Crippen LogP contribution in [0.25, 0.3) is 11.0 Å². The summed E-state index contributed by atoms with van der Waals surface area (Å²) in [5.74, 6) is -1.31. The third-order valence-electron chi connectivity index (χ3n) is 4.21. The Hall–Kier alpha value is -2.37. The van der Waals surface area contributed by atoms with Crippen molar-refractivity contribution in [2.24, 2.45) is 7.05 Å². The first-order valence-corrected chi connectivity index (χ1v) is 6.99. The quantitative estimate of drug-likeness (QED) is 0.900. The van der Waals surface area contributed by atoms with E-state index in [4.69, 9.17) is 0 Å². The van der Waals surface area contributed by atoms with Crippen LogP contribution in [0.3, 0.4) is 0 Å². The number of aryl methyl sites for hydroxylation is 1. The minimum Gasteiger partial charge on any atom is -0.480 e. The lowest BCUT2D eigenvalue weighted by Gasteiger charge is -2.25. The maximum absolute atomic E-state index is 12.4. The number of carbonyl (C=O) groups excluding carboxylic acids is 1. The number of fused-ring (bicyclic) bond motifs is 1. The number of hydrogen-bond acceptors (Lipinski definition) is 3. The van der Waals surface area contributed by atoms with Crippen LogP contribution in [0.2, 0.25) is 0 Å². The van der Waals surface area contributed by atoms with E-state index >= 15 is 0 Å². The van der Waals surface area contributed by atoms with Gasteiger partial charge >= 0.3 is 5.97 Å². The molecule has 1 saturated carbocycles. The monoisotopic (exact) mass is 287 g/mol. The van der Waals surface area contributed by atoms with E-state index in [2.05, 4.69) is 10.3 Å². The van der Waals surface area contributed by atoms with Crippen LogP contribution in [0.1, 0.15) is 36.0 Å². The number of benzene rings is 1. The van der Waals surface area contributed by atoms with Crippen LogP contribution in [-0.2, 0) is 11.8 Å². The molecule has 0 aliphatic heterocycles. The summed E-state index contributed by atoms with van der Waals surface area (Å²) in [5.41, 5.74) is 0.978. The normalized spacial score (nSPS) is 17.0. The van der Waals surface area contributed by atoms with Crippen molar-refractivity contribution in [3.63, 3.8) is 0 Å². The smallest absolute Gasteiger partial charge is 0.329 e. The average molecular weight is 287 g/mol. The van der Waals surface area contributed by atoms with Gasteiger partial charge in [0.2, 0.25) is 0 Å². The molecular formula is C15H17N3O3.